The maximum absolute atomic E-state index is 12.5. The molecule has 30 heavy (non-hydrogen) atoms. The number of halogens is 4. The molecule has 0 aliphatic heterocycles. The van der Waals surface area contributed by atoms with Gasteiger partial charge in [-0.05, 0) is 44.5 Å². The van der Waals surface area contributed by atoms with Gasteiger partial charge in [0.2, 0.25) is 0 Å². The maximum atomic E-state index is 12.5. The molecular formula is C18H29F3IN3O4S. The summed E-state index contributed by atoms with van der Waals surface area (Å²) in [6, 6.07) is 4.04. The Kier molecular flexibility index (Phi) is 12.6. The van der Waals surface area contributed by atoms with Crippen molar-refractivity contribution in [2.24, 2.45) is 4.99 Å². The lowest BCUT2D eigenvalue weighted by molar-refractivity contribution is -0.137. The Balaban J connectivity index is 0.00000841. The molecular weight excluding hydrogens is 538 g/mol. The Morgan fingerprint density at radius 2 is 1.87 bits per heavy atom. The van der Waals surface area contributed by atoms with E-state index in [1.54, 1.807) is 0 Å². The number of guanidine groups is 1. The fourth-order valence-corrected chi connectivity index (χ4v) is 2.98. The highest BCUT2D eigenvalue weighted by Crippen LogP contribution is 2.30. The number of aliphatic hydroxyl groups excluding tert-OH is 1. The number of hydrogen-bond donors (Lipinski definition) is 3. The smallest absolute Gasteiger partial charge is 0.416 e. The van der Waals surface area contributed by atoms with Gasteiger partial charge in [0.25, 0.3) is 0 Å². The molecule has 0 amide bonds. The van der Waals surface area contributed by atoms with Crippen LogP contribution in [0.4, 0.5) is 13.2 Å². The van der Waals surface area contributed by atoms with Crippen LogP contribution in [0, 0.1) is 0 Å². The first-order valence-corrected chi connectivity index (χ1v) is 11.2. The number of alkyl halides is 3. The molecule has 0 aliphatic rings. The molecule has 0 fully saturated rings. The van der Waals surface area contributed by atoms with Gasteiger partial charge in [0.15, 0.2) is 5.96 Å². The largest absolute Gasteiger partial charge is 0.491 e. The second-order valence-corrected chi connectivity index (χ2v) is 8.93. The van der Waals surface area contributed by atoms with Gasteiger partial charge in [0.1, 0.15) is 28.3 Å². The Hall–Kier alpha value is -1.28. The third-order valence-corrected chi connectivity index (χ3v) is 4.71. The van der Waals surface area contributed by atoms with E-state index in [0.29, 0.717) is 18.9 Å². The summed E-state index contributed by atoms with van der Waals surface area (Å²) in [7, 11) is -3.06. The molecule has 1 aromatic carbocycles. The molecule has 1 rings (SSSR count). The molecule has 0 saturated heterocycles. The molecule has 1 aromatic rings. The fourth-order valence-electron chi connectivity index (χ4n) is 2.20. The zero-order valence-corrected chi connectivity index (χ0v) is 20.2. The van der Waals surface area contributed by atoms with Crippen molar-refractivity contribution in [1.29, 1.82) is 0 Å². The van der Waals surface area contributed by atoms with Crippen molar-refractivity contribution in [2.75, 3.05) is 31.7 Å². The third kappa shape index (κ3) is 12.4. The predicted octanol–water partition coefficient (Wildman–Crippen LogP) is 2.44. The topological polar surface area (TPSA) is 100 Å². The Bertz CT molecular complexity index is 759. The van der Waals surface area contributed by atoms with Gasteiger partial charge in [-0.2, -0.15) is 13.2 Å². The molecule has 174 valence electrons. The maximum Gasteiger partial charge on any atom is 0.416 e. The summed E-state index contributed by atoms with van der Waals surface area (Å²) >= 11 is 0. The van der Waals surface area contributed by atoms with Crippen LogP contribution in [0.25, 0.3) is 0 Å². The quantitative estimate of drug-likeness (QED) is 0.228. The number of nitrogens with zero attached hydrogens (tertiary/aromatic N) is 1. The zero-order chi connectivity index (χ0) is 22.1. The second kappa shape index (κ2) is 13.2. The summed E-state index contributed by atoms with van der Waals surface area (Å²) in [5, 5.41) is 16.1. The highest BCUT2D eigenvalue weighted by molar-refractivity contribution is 14.0. The minimum absolute atomic E-state index is 0. The lowest BCUT2D eigenvalue weighted by Gasteiger charge is -2.18. The monoisotopic (exact) mass is 567 g/mol. The molecule has 2 unspecified atom stereocenters. The van der Waals surface area contributed by atoms with Gasteiger partial charge >= 0.3 is 6.18 Å². The molecule has 12 heteroatoms. The minimum atomic E-state index is -4.42. The van der Waals surface area contributed by atoms with Gasteiger partial charge in [-0.15, -0.1) is 24.0 Å². The van der Waals surface area contributed by atoms with Crippen molar-refractivity contribution >= 4 is 39.8 Å². The Labute approximate surface area is 192 Å². The van der Waals surface area contributed by atoms with E-state index in [1.807, 2.05) is 13.8 Å². The Morgan fingerprint density at radius 1 is 1.27 bits per heavy atom. The summed E-state index contributed by atoms with van der Waals surface area (Å²) in [4.78, 5) is 4.22. The van der Waals surface area contributed by atoms with E-state index < -0.39 is 27.7 Å². The lowest BCUT2D eigenvalue weighted by Crippen LogP contribution is -2.43. The fraction of sp³-hybridized carbons (Fsp3) is 0.611. The van der Waals surface area contributed by atoms with Gasteiger partial charge in [-0.1, -0.05) is 0 Å². The van der Waals surface area contributed by atoms with Crippen molar-refractivity contribution in [3.05, 3.63) is 29.8 Å². The number of nitrogens with one attached hydrogen (secondary N) is 2. The second-order valence-electron chi connectivity index (χ2n) is 6.67. The molecule has 0 radical (unpaired) electrons. The number of hydrogen-bond acceptors (Lipinski definition) is 5. The first-order chi connectivity index (χ1) is 13.4. The van der Waals surface area contributed by atoms with Crippen LogP contribution in [0.1, 0.15) is 25.8 Å². The SMILES string of the molecule is CCNC(=NCC(O)COc1ccc(C(F)(F)F)cc1)NC(C)CCS(C)(=O)=O.I. The van der Waals surface area contributed by atoms with E-state index in [-0.39, 0.29) is 54.7 Å². The summed E-state index contributed by atoms with van der Waals surface area (Å²) in [5.74, 6) is 0.673. The standard InChI is InChI=1S/C18H28F3N3O4S.HI/c1-4-22-17(24-13(2)9-10-29(3,26)27)23-11-15(25)12-28-16-7-5-14(6-8-16)18(19,20)21;/h5-8,13,15,25H,4,9-12H2,1-3H3,(H2,22,23,24);1H. The highest BCUT2D eigenvalue weighted by atomic mass is 127. The highest BCUT2D eigenvalue weighted by Gasteiger charge is 2.30. The summed E-state index contributed by atoms with van der Waals surface area (Å²) < 4.78 is 65.4. The summed E-state index contributed by atoms with van der Waals surface area (Å²) in [6.45, 7) is 4.11. The van der Waals surface area contributed by atoms with E-state index in [4.69, 9.17) is 4.74 Å². The van der Waals surface area contributed by atoms with Crippen molar-refractivity contribution < 1.29 is 31.4 Å². The van der Waals surface area contributed by atoms with Crippen LogP contribution in [0.15, 0.2) is 29.3 Å². The molecule has 3 N–H and O–H groups in total. The number of aliphatic hydroxyl groups is 1. The van der Waals surface area contributed by atoms with Gasteiger partial charge in [0.05, 0.1) is 17.9 Å². The van der Waals surface area contributed by atoms with Gasteiger partial charge < -0.3 is 20.5 Å². The molecule has 0 heterocycles. The van der Waals surface area contributed by atoms with E-state index in [1.165, 1.54) is 18.4 Å². The number of ether oxygens (including phenoxy) is 1. The minimum Gasteiger partial charge on any atom is -0.491 e. The molecule has 0 saturated carbocycles. The predicted molar refractivity (Wildman–Crippen MR) is 121 cm³/mol. The van der Waals surface area contributed by atoms with Crippen molar-refractivity contribution in [1.82, 2.24) is 10.6 Å². The van der Waals surface area contributed by atoms with Gasteiger partial charge in [-0.3, -0.25) is 4.99 Å². The van der Waals surface area contributed by atoms with Crippen LogP contribution in [-0.4, -0.2) is 63.3 Å². The number of rotatable bonds is 10. The average molecular weight is 567 g/mol. The van der Waals surface area contributed by atoms with Gasteiger partial charge in [0, 0.05) is 18.8 Å². The molecule has 0 bridgehead atoms. The molecule has 0 aliphatic carbocycles. The summed E-state index contributed by atoms with van der Waals surface area (Å²) in [5.41, 5.74) is -0.777. The first kappa shape index (κ1) is 28.7. The Morgan fingerprint density at radius 3 is 2.37 bits per heavy atom. The normalized spacial score (nSPS) is 14.4. The number of benzene rings is 1. The number of sulfone groups is 1. The van der Waals surface area contributed by atoms with E-state index >= 15 is 0 Å². The van der Waals surface area contributed by atoms with Crippen molar-refractivity contribution in [2.45, 2.75) is 38.6 Å². The molecule has 0 spiro atoms. The molecule has 0 aromatic heterocycles. The van der Waals surface area contributed by atoms with Crippen LogP contribution in [0.3, 0.4) is 0 Å². The first-order valence-electron chi connectivity index (χ1n) is 9.11. The molecule has 7 nitrogen and oxygen atoms in total. The van der Waals surface area contributed by atoms with Crippen LogP contribution in [0.2, 0.25) is 0 Å². The van der Waals surface area contributed by atoms with Crippen LogP contribution in [-0.2, 0) is 16.0 Å². The van der Waals surface area contributed by atoms with Crippen LogP contribution >= 0.6 is 24.0 Å². The third-order valence-electron chi connectivity index (χ3n) is 3.73. The van der Waals surface area contributed by atoms with Gasteiger partial charge in [-0.25, -0.2) is 8.42 Å². The van der Waals surface area contributed by atoms with Crippen molar-refractivity contribution in [3.8, 4) is 5.75 Å². The lowest BCUT2D eigenvalue weighted by atomic mass is 10.2. The van der Waals surface area contributed by atoms with E-state index in [0.717, 1.165) is 12.1 Å². The van der Waals surface area contributed by atoms with Crippen molar-refractivity contribution in [3.63, 3.8) is 0 Å². The number of aliphatic imine (C=N–C) groups is 1. The van der Waals surface area contributed by atoms with Crippen LogP contribution in [0.5, 0.6) is 5.75 Å². The van der Waals surface area contributed by atoms with E-state index in [9.17, 15) is 26.7 Å². The molecule has 2 atom stereocenters. The average Bonchev–Trinajstić information content (AvgIpc) is 2.62. The van der Waals surface area contributed by atoms with E-state index in [2.05, 4.69) is 15.6 Å². The zero-order valence-electron chi connectivity index (χ0n) is 17.1. The van der Waals surface area contributed by atoms with Crippen LogP contribution < -0.4 is 15.4 Å². The summed E-state index contributed by atoms with van der Waals surface area (Å²) in [6.07, 6.45) is -3.81.